The summed E-state index contributed by atoms with van der Waals surface area (Å²) in [6.07, 6.45) is 0. The molecule has 1 amide bonds. The monoisotopic (exact) mass is 402 g/mol. The first kappa shape index (κ1) is 19.4. The molecule has 2 aromatic carbocycles. The van der Waals surface area contributed by atoms with Crippen molar-refractivity contribution in [1.82, 2.24) is 0 Å². The van der Waals surface area contributed by atoms with Gasteiger partial charge in [0.25, 0.3) is 10.0 Å². The molecule has 0 saturated carbocycles. The van der Waals surface area contributed by atoms with Gasteiger partial charge < -0.3 is 10.1 Å². The fraction of sp³-hybridized carbons (Fsp3) is 0.188. The lowest BCUT2D eigenvalue weighted by Gasteiger charge is -2.14. The van der Waals surface area contributed by atoms with Crippen LogP contribution < -0.4 is 14.8 Å². The minimum Gasteiger partial charge on any atom is -0.492 e. The molecule has 0 unspecified atom stereocenters. The van der Waals surface area contributed by atoms with Gasteiger partial charge in [-0.25, -0.2) is 8.42 Å². The number of carbonyl (C=O) groups is 1. The summed E-state index contributed by atoms with van der Waals surface area (Å²) in [6.45, 7) is 3.49. The van der Waals surface area contributed by atoms with Crippen LogP contribution in [-0.4, -0.2) is 20.9 Å². The zero-order chi connectivity index (χ0) is 18.6. The summed E-state index contributed by atoms with van der Waals surface area (Å²) in [4.78, 5) is 11.3. The van der Waals surface area contributed by atoms with Crippen molar-refractivity contribution < 1.29 is 17.9 Å². The Hall–Kier alpha value is -1.96. The van der Waals surface area contributed by atoms with E-state index in [9.17, 15) is 13.2 Å². The van der Waals surface area contributed by atoms with Gasteiger partial charge in [0, 0.05) is 6.92 Å². The Morgan fingerprint density at radius 3 is 2.44 bits per heavy atom. The summed E-state index contributed by atoms with van der Waals surface area (Å²) < 4.78 is 32.9. The van der Waals surface area contributed by atoms with Crippen LogP contribution in [0.15, 0.2) is 41.3 Å². The molecule has 0 saturated heterocycles. The molecular formula is C16H16Cl2N2O4S. The van der Waals surface area contributed by atoms with E-state index >= 15 is 0 Å². The molecule has 0 aliphatic heterocycles. The van der Waals surface area contributed by atoms with Gasteiger partial charge >= 0.3 is 0 Å². The summed E-state index contributed by atoms with van der Waals surface area (Å²) in [5, 5.41) is 3.10. The minimum absolute atomic E-state index is 0.0363. The summed E-state index contributed by atoms with van der Waals surface area (Å²) in [5.74, 6) is 0.0409. The van der Waals surface area contributed by atoms with Crippen LogP contribution in [0.5, 0.6) is 5.75 Å². The van der Waals surface area contributed by atoms with Crippen LogP contribution >= 0.6 is 23.2 Å². The van der Waals surface area contributed by atoms with Gasteiger partial charge in [0.05, 0.1) is 32.9 Å². The summed E-state index contributed by atoms with van der Waals surface area (Å²) in [6, 6.07) is 8.59. The van der Waals surface area contributed by atoms with Crippen LogP contribution in [0.3, 0.4) is 0 Å². The number of benzene rings is 2. The smallest absolute Gasteiger partial charge is 0.261 e. The van der Waals surface area contributed by atoms with Gasteiger partial charge in [-0.2, -0.15) is 0 Å². The molecular weight excluding hydrogens is 387 g/mol. The van der Waals surface area contributed by atoms with Gasteiger partial charge in [-0.15, -0.1) is 0 Å². The van der Waals surface area contributed by atoms with Crippen molar-refractivity contribution in [2.24, 2.45) is 0 Å². The largest absolute Gasteiger partial charge is 0.492 e. The van der Waals surface area contributed by atoms with Gasteiger partial charge in [-0.1, -0.05) is 23.2 Å². The third-order valence-corrected chi connectivity index (χ3v) is 5.16. The van der Waals surface area contributed by atoms with Crippen LogP contribution in [0, 0.1) is 0 Å². The highest BCUT2D eigenvalue weighted by Crippen LogP contribution is 2.30. The molecule has 2 aromatic rings. The zero-order valence-corrected chi connectivity index (χ0v) is 15.8. The van der Waals surface area contributed by atoms with Crippen LogP contribution in [0.25, 0.3) is 0 Å². The zero-order valence-electron chi connectivity index (χ0n) is 13.5. The topological polar surface area (TPSA) is 84.5 Å². The molecule has 0 radical (unpaired) electrons. The summed E-state index contributed by atoms with van der Waals surface area (Å²) >= 11 is 11.7. The Kier molecular flexibility index (Phi) is 6.16. The van der Waals surface area contributed by atoms with E-state index in [1.54, 1.807) is 6.92 Å². The molecule has 9 heteroatoms. The van der Waals surface area contributed by atoms with Gasteiger partial charge in [0.1, 0.15) is 5.75 Å². The third kappa shape index (κ3) is 5.01. The molecule has 6 nitrogen and oxygen atoms in total. The van der Waals surface area contributed by atoms with Gasteiger partial charge in [-0.3, -0.25) is 9.52 Å². The fourth-order valence-electron chi connectivity index (χ4n) is 2.02. The Bertz CT molecular complexity index is 901. The maximum atomic E-state index is 12.6. The number of amides is 1. The van der Waals surface area contributed by atoms with Gasteiger partial charge in [0.15, 0.2) is 0 Å². The first-order chi connectivity index (χ1) is 11.7. The quantitative estimate of drug-likeness (QED) is 0.759. The standard InChI is InChI=1S/C16H16Cl2N2O4S/c1-3-24-16-7-5-12(9-15(16)19-10(2)21)25(22,23)20-11-4-6-13(17)14(18)8-11/h4-9,20H,3H2,1-2H3,(H,19,21). The molecule has 0 bridgehead atoms. The SMILES string of the molecule is CCOc1ccc(S(=O)(=O)Nc2ccc(Cl)c(Cl)c2)cc1NC(C)=O. The molecule has 0 spiro atoms. The van der Waals surface area contributed by atoms with E-state index in [-0.39, 0.29) is 27.2 Å². The lowest BCUT2D eigenvalue weighted by atomic mass is 10.3. The van der Waals surface area contributed by atoms with Crippen LogP contribution in [-0.2, 0) is 14.8 Å². The van der Waals surface area contributed by atoms with Crippen molar-refractivity contribution in [3.8, 4) is 5.75 Å². The molecule has 0 heterocycles. The lowest BCUT2D eigenvalue weighted by Crippen LogP contribution is -2.14. The number of carbonyl (C=O) groups excluding carboxylic acids is 1. The molecule has 2 rings (SSSR count). The third-order valence-electron chi connectivity index (χ3n) is 3.04. The summed E-state index contributed by atoms with van der Waals surface area (Å²) in [5.41, 5.74) is 0.538. The predicted molar refractivity (Wildman–Crippen MR) is 99.2 cm³/mol. The molecule has 2 N–H and O–H groups in total. The predicted octanol–water partition coefficient (Wildman–Crippen LogP) is 4.15. The van der Waals surface area contributed by atoms with Crippen LogP contribution in [0.4, 0.5) is 11.4 Å². The molecule has 0 aliphatic rings. The number of anilines is 2. The van der Waals surface area contributed by atoms with Crippen molar-refractivity contribution in [2.75, 3.05) is 16.6 Å². The Labute approximate surface area is 156 Å². The number of halogens is 2. The van der Waals surface area contributed by atoms with E-state index in [4.69, 9.17) is 27.9 Å². The lowest BCUT2D eigenvalue weighted by molar-refractivity contribution is -0.114. The Morgan fingerprint density at radius 2 is 1.84 bits per heavy atom. The number of sulfonamides is 1. The molecule has 134 valence electrons. The average Bonchev–Trinajstić information content (AvgIpc) is 2.52. The maximum Gasteiger partial charge on any atom is 0.261 e. The number of ether oxygens (including phenoxy) is 1. The van der Waals surface area contributed by atoms with Gasteiger partial charge in [0.2, 0.25) is 5.91 Å². The first-order valence-electron chi connectivity index (χ1n) is 7.25. The van der Waals surface area contributed by atoms with Crippen molar-refractivity contribution in [2.45, 2.75) is 18.7 Å². The van der Waals surface area contributed by atoms with Crippen LogP contribution in [0.2, 0.25) is 10.0 Å². The molecule has 0 aromatic heterocycles. The maximum absolute atomic E-state index is 12.6. The van der Waals surface area contributed by atoms with Crippen LogP contribution in [0.1, 0.15) is 13.8 Å². The molecule has 0 aliphatic carbocycles. The number of hydrogen-bond donors (Lipinski definition) is 2. The van der Waals surface area contributed by atoms with E-state index in [1.165, 1.54) is 43.3 Å². The second-order valence-corrected chi connectivity index (χ2v) is 7.50. The number of nitrogens with one attached hydrogen (secondary N) is 2. The Morgan fingerprint density at radius 1 is 1.12 bits per heavy atom. The van der Waals surface area contributed by atoms with Gasteiger partial charge in [-0.05, 0) is 43.3 Å². The highest BCUT2D eigenvalue weighted by Gasteiger charge is 2.18. The second-order valence-electron chi connectivity index (χ2n) is 5.01. The molecule has 25 heavy (non-hydrogen) atoms. The van der Waals surface area contributed by atoms with E-state index < -0.39 is 10.0 Å². The minimum atomic E-state index is -3.89. The highest BCUT2D eigenvalue weighted by molar-refractivity contribution is 7.92. The molecule has 0 fully saturated rings. The second kappa shape index (κ2) is 7.95. The van der Waals surface area contributed by atoms with Crippen molar-refractivity contribution in [3.63, 3.8) is 0 Å². The van der Waals surface area contributed by atoms with E-state index in [0.29, 0.717) is 17.4 Å². The highest BCUT2D eigenvalue weighted by atomic mass is 35.5. The normalized spacial score (nSPS) is 11.0. The number of rotatable bonds is 6. The van der Waals surface area contributed by atoms with E-state index in [1.807, 2.05) is 0 Å². The number of hydrogen-bond acceptors (Lipinski definition) is 4. The average molecular weight is 403 g/mol. The fourth-order valence-corrected chi connectivity index (χ4v) is 3.39. The summed E-state index contributed by atoms with van der Waals surface area (Å²) in [7, 11) is -3.89. The van der Waals surface area contributed by atoms with Crippen molar-refractivity contribution >= 4 is 50.5 Å². The first-order valence-corrected chi connectivity index (χ1v) is 9.49. The molecule has 0 atom stereocenters. The van der Waals surface area contributed by atoms with E-state index in [0.717, 1.165) is 0 Å². The van der Waals surface area contributed by atoms with E-state index in [2.05, 4.69) is 10.0 Å². The van der Waals surface area contributed by atoms with Crippen molar-refractivity contribution in [3.05, 3.63) is 46.4 Å². The Balaban J connectivity index is 2.37. The van der Waals surface area contributed by atoms with Crippen molar-refractivity contribution in [1.29, 1.82) is 0 Å².